The lowest BCUT2D eigenvalue weighted by Gasteiger charge is -2.13. The molecule has 6 heteroatoms. The lowest BCUT2D eigenvalue weighted by molar-refractivity contribution is 0.172. The number of nitrogens with one attached hydrogen (secondary N) is 2. The second-order valence-electron chi connectivity index (χ2n) is 7.74. The van der Waals surface area contributed by atoms with Crippen molar-refractivity contribution in [2.75, 3.05) is 25.4 Å². The number of aliphatic hydroxyl groups excluding tert-OH is 1. The molecule has 5 N–H and O–H groups in total. The van der Waals surface area contributed by atoms with E-state index in [1.54, 1.807) is 11.9 Å². The fourth-order valence-electron chi connectivity index (χ4n) is 3.59. The molecule has 0 fully saturated rings. The number of hydrogen-bond donors (Lipinski definition) is 4. The van der Waals surface area contributed by atoms with Crippen LogP contribution in [0, 0.1) is 0 Å². The second-order valence-corrected chi connectivity index (χ2v) is 8.67. The molecule has 4 aromatic rings. The van der Waals surface area contributed by atoms with Gasteiger partial charge in [0.1, 0.15) is 0 Å². The molecule has 3 aromatic carbocycles. The van der Waals surface area contributed by atoms with Crippen molar-refractivity contribution >= 4 is 28.4 Å². The van der Waals surface area contributed by atoms with E-state index in [0.717, 1.165) is 29.7 Å². The van der Waals surface area contributed by atoms with Crippen LogP contribution in [0.4, 0.5) is 5.69 Å². The molecule has 0 aliphatic rings. The van der Waals surface area contributed by atoms with Crippen LogP contribution in [0.5, 0.6) is 0 Å². The van der Waals surface area contributed by atoms with Gasteiger partial charge in [-0.15, -0.1) is 0 Å². The second kappa shape index (κ2) is 11.1. The van der Waals surface area contributed by atoms with E-state index in [1.807, 2.05) is 42.7 Å². The predicted molar refractivity (Wildman–Crippen MR) is 134 cm³/mol. The van der Waals surface area contributed by atoms with E-state index in [4.69, 9.17) is 5.73 Å². The largest absolute Gasteiger partial charge is 0.399 e. The van der Waals surface area contributed by atoms with Crippen molar-refractivity contribution in [1.82, 2.24) is 15.0 Å². The van der Waals surface area contributed by atoms with Gasteiger partial charge >= 0.3 is 0 Å². The molecule has 0 saturated carbocycles. The number of pyridine rings is 1. The summed E-state index contributed by atoms with van der Waals surface area (Å²) in [4.78, 5) is 5.46. The van der Waals surface area contributed by atoms with Crippen LogP contribution < -0.4 is 15.8 Å². The average molecular weight is 445 g/mol. The summed E-state index contributed by atoms with van der Waals surface area (Å²) in [6, 6.07) is 24.5. The third-order valence-electron chi connectivity index (χ3n) is 5.24. The van der Waals surface area contributed by atoms with E-state index >= 15 is 0 Å². The highest BCUT2D eigenvalue weighted by atomic mass is 32.2. The van der Waals surface area contributed by atoms with Crippen molar-refractivity contribution in [1.29, 1.82) is 0 Å². The molecule has 0 aliphatic carbocycles. The molecule has 0 spiro atoms. The number of benzene rings is 3. The molecule has 5 nitrogen and oxygen atoms in total. The summed E-state index contributed by atoms with van der Waals surface area (Å²) in [5.41, 5.74) is 9.90. The molecular weight excluding hydrogens is 416 g/mol. The minimum atomic E-state index is -0.426. The Kier molecular flexibility index (Phi) is 7.74. The van der Waals surface area contributed by atoms with E-state index in [9.17, 15) is 5.11 Å². The number of aliphatic hydroxyl groups is 1. The van der Waals surface area contributed by atoms with Gasteiger partial charge in [-0.05, 0) is 70.8 Å². The smallest absolute Gasteiger partial charge is 0.0704 e. The summed E-state index contributed by atoms with van der Waals surface area (Å²) < 4.78 is 3.44. The van der Waals surface area contributed by atoms with Crippen LogP contribution in [0.1, 0.15) is 5.56 Å². The number of hydrogen-bond acceptors (Lipinski definition) is 6. The van der Waals surface area contributed by atoms with Crippen LogP contribution in [-0.2, 0) is 6.42 Å². The topological polar surface area (TPSA) is 83.2 Å². The Morgan fingerprint density at radius 3 is 2.56 bits per heavy atom. The third kappa shape index (κ3) is 6.08. The van der Waals surface area contributed by atoms with Gasteiger partial charge < -0.3 is 16.2 Å². The van der Waals surface area contributed by atoms with E-state index in [1.165, 1.54) is 21.4 Å². The Labute approximate surface area is 193 Å². The lowest BCUT2D eigenvalue weighted by atomic mass is 10.0. The zero-order valence-corrected chi connectivity index (χ0v) is 18.7. The highest BCUT2D eigenvalue weighted by Gasteiger charge is 2.08. The minimum Gasteiger partial charge on any atom is -0.399 e. The summed E-state index contributed by atoms with van der Waals surface area (Å²) in [6.45, 7) is 2.10. The fraction of sp³-hybridized carbons (Fsp3) is 0.192. The standard InChI is InChI=1S/C26H28N4OS/c27-23-8-6-19(7-9-23)14-24(31)18-29-12-13-30-32-26-16-21(20-4-2-1-3-5-20)15-22-17-28-11-10-25(22)26/h1-11,15-17,24,29-31H,12-14,18,27H2. The van der Waals surface area contributed by atoms with Crippen LogP contribution >= 0.6 is 11.9 Å². The van der Waals surface area contributed by atoms with Crippen molar-refractivity contribution < 1.29 is 5.11 Å². The predicted octanol–water partition coefficient (Wildman–Crippen LogP) is 4.27. The number of nitrogen functional groups attached to an aromatic ring is 1. The normalized spacial score (nSPS) is 12.2. The van der Waals surface area contributed by atoms with Crippen molar-refractivity contribution in [3.05, 3.63) is 90.8 Å². The van der Waals surface area contributed by atoms with Gasteiger partial charge in [0.2, 0.25) is 0 Å². The molecule has 0 saturated heterocycles. The first kappa shape index (κ1) is 22.3. The summed E-state index contributed by atoms with van der Waals surface area (Å²) >= 11 is 1.63. The molecule has 0 radical (unpaired) electrons. The molecule has 0 bridgehead atoms. The first-order valence-corrected chi connectivity index (χ1v) is 11.6. The van der Waals surface area contributed by atoms with Crippen LogP contribution in [0.25, 0.3) is 21.9 Å². The molecule has 1 heterocycles. The molecule has 0 aliphatic heterocycles. The molecular formula is C26H28N4OS. The molecule has 1 aromatic heterocycles. The molecule has 1 atom stereocenters. The lowest BCUT2D eigenvalue weighted by Crippen LogP contribution is -2.32. The Morgan fingerprint density at radius 1 is 0.938 bits per heavy atom. The van der Waals surface area contributed by atoms with Crippen molar-refractivity contribution in [3.8, 4) is 11.1 Å². The first-order chi connectivity index (χ1) is 15.7. The quantitative estimate of drug-likeness (QED) is 0.166. The summed E-state index contributed by atoms with van der Waals surface area (Å²) in [6.07, 6.45) is 3.93. The van der Waals surface area contributed by atoms with Gasteiger partial charge in [-0.2, -0.15) is 0 Å². The van der Waals surface area contributed by atoms with E-state index < -0.39 is 6.10 Å². The summed E-state index contributed by atoms with van der Waals surface area (Å²) in [7, 11) is 0. The Bertz CT molecular complexity index is 1140. The SMILES string of the molecule is Nc1ccc(CC(O)CNCCNSc2cc(-c3ccccc3)cc3cnccc23)cc1. The number of aromatic nitrogens is 1. The van der Waals surface area contributed by atoms with Gasteiger partial charge in [0.15, 0.2) is 0 Å². The van der Waals surface area contributed by atoms with Crippen LogP contribution in [0.15, 0.2) is 90.1 Å². The summed E-state index contributed by atoms with van der Waals surface area (Å²) in [5, 5.41) is 15.9. The number of fused-ring (bicyclic) bond motifs is 1. The first-order valence-electron chi connectivity index (χ1n) is 10.7. The monoisotopic (exact) mass is 444 g/mol. The number of nitrogens with zero attached hydrogens (tertiary/aromatic N) is 1. The van der Waals surface area contributed by atoms with Crippen LogP contribution in [0.3, 0.4) is 0 Å². The van der Waals surface area contributed by atoms with Crippen molar-refractivity contribution in [2.24, 2.45) is 0 Å². The Morgan fingerprint density at radius 2 is 1.75 bits per heavy atom. The number of nitrogens with two attached hydrogens (primary N) is 1. The van der Waals surface area contributed by atoms with Crippen LogP contribution in [-0.4, -0.2) is 35.8 Å². The Balaban J connectivity index is 1.28. The fourth-order valence-corrected chi connectivity index (χ4v) is 4.43. The molecule has 32 heavy (non-hydrogen) atoms. The minimum absolute atomic E-state index is 0.426. The van der Waals surface area contributed by atoms with E-state index in [-0.39, 0.29) is 0 Å². The highest BCUT2D eigenvalue weighted by Crippen LogP contribution is 2.32. The van der Waals surface area contributed by atoms with Gasteiger partial charge in [0.25, 0.3) is 0 Å². The zero-order chi connectivity index (χ0) is 22.2. The number of anilines is 1. The van der Waals surface area contributed by atoms with Gasteiger partial charge in [0.05, 0.1) is 6.10 Å². The van der Waals surface area contributed by atoms with E-state index in [2.05, 4.69) is 57.5 Å². The third-order valence-corrected chi connectivity index (χ3v) is 6.15. The van der Waals surface area contributed by atoms with Crippen molar-refractivity contribution in [2.45, 2.75) is 17.4 Å². The molecule has 4 rings (SSSR count). The maximum atomic E-state index is 10.2. The van der Waals surface area contributed by atoms with Crippen molar-refractivity contribution in [3.63, 3.8) is 0 Å². The Hall–Kier alpha value is -2.90. The van der Waals surface area contributed by atoms with Gasteiger partial charge in [0, 0.05) is 48.0 Å². The molecule has 0 amide bonds. The van der Waals surface area contributed by atoms with E-state index in [0.29, 0.717) is 13.0 Å². The maximum Gasteiger partial charge on any atom is 0.0704 e. The van der Waals surface area contributed by atoms with Gasteiger partial charge in [-0.1, -0.05) is 42.5 Å². The number of rotatable bonds is 10. The molecule has 1 unspecified atom stereocenters. The zero-order valence-electron chi connectivity index (χ0n) is 17.9. The highest BCUT2D eigenvalue weighted by molar-refractivity contribution is 7.97. The maximum absolute atomic E-state index is 10.2. The van der Waals surface area contributed by atoms with Gasteiger partial charge in [-0.3, -0.25) is 9.71 Å². The average Bonchev–Trinajstić information content (AvgIpc) is 2.83. The summed E-state index contributed by atoms with van der Waals surface area (Å²) in [5.74, 6) is 0. The van der Waals surface area contributed by atoms with Crippen LogP contribution in [0.2, 0.25) is 0 Å². The molecule has 164 valence electrons. The van der Waals surface area contributed by atoms with Gasteiger partial charge in [-0.25, -0.2) is 0 Å².